The predicted octanol–water partition coefficient (Wildman–Crippen LogP) is 5.32. The zero-order valence-electron chi connectivity index (χ0n) is 39.8. The summed E-state index contributed by atoms with van der Waals surface area (Å²) in [5, 5.41) is 9.02. The number of rotatable bonds is 15. The van der Waals surface area contributed by atoms with Crippen LogP contribution in [0, 0.1) is 18.3 Å². The number of likely N-dealkylation sites (N-methyl/N-ethyl adjacent to an activating group) is 1. The molecule has 20 heteroatoms. The summed E-state index contributed by atoms with van der Waals surface area (Å²) in [6, 6.07) is 10.4. The van der Waals surface area contributed by atoms with E-state index in [1.807, 2.05) is 6.07 Å². The Bertz CT molecular complexity index is 2720. The van der Waals surface area contributed by atoms with E-state index < -0.39 is 47.5 Å². The minimum atomic E-state index is -4.55. The van der Waals surface area contributed by atoms with E-state index in [-0.39, 0.29) is 47.0 Å². The molecule has 5 aliphatic rings. The molecule has 70 heavy (non-hydrogen) atoms. The van der Waals surface area contributed by atoms with Crippen molar-refractivity contribution in [3.05, 3.63) is 76.6 Å². The van der Waals surface area contributed by atoms with Gasteiger partial charge in [0.05, 0.1) is 48.0 Å². The van der Waals surface area contributed by atoms with Crippen molar-refractivity contribution >= 4 is 57.6 Å². The largest absolute Gasteiger partial charge is 0.493 e. The lowest BCUT2D eigenvalue weighted by molar-refractivity contribution is -0.138. The van der Waals surface area contributed by atoms with E-state index in [4.69, 9.17) is 15.2 Å². The third-order valence-electron chi connectivity index (χ3n) is 14.7. The fourth-order valence-electron chi connectivity index (χ4n) is 10.4. The molecule has 4 fully saturated rings. The fourth-order valence-corrected chi connectivity index (χ4v) is 10.4. The van der Waals surface area contributed by atoms with Crippen LogP contribution < -0.4 is 36.1 Å². The van der Waals surface area contributed by atoms with Gasteiger partial charge in [-0.15, -0.1) is 0 Å². The Morgan fingerprint density at radius 1 is 0.929 bits per heavy atom. The number of nitrogen functional groups attached to an aromatic ring is 1. The Kier molecular flexibility index (Phi) is 13.4. The zero-order valence-corrected chi connectivity index (χ0v) is 39.8. The van der Waals surface area contributed by atoms with Crippen molar-refractivity contribution in [2.45, 2.75) is 83.1 Å². The lowest BCUT2D eigenvalue weighted by Crippen LogP contribution is -2.54. The van der Waals surface area contributed by atoms with Gasteiger partial charge in [0.15, 0.2) is 11.5 Å². The highest BCUT2D eigenvalue weighted by molar-refractivity contribution is 6.23. The number of halogens is 3. The first-order chi connectivity index (χ1) is 33.4. The van der Waals surface area contributed by atoms with Crippen molar-refractivity contribution in [3.8, 4) is 11.5 Å². The summed E-state index contributed by atoms with van der Waals surface area (Å²) >= 11 is 0. The number of piperidine rings is 2. The van der Waals surface area contributed by atoms with E-state index in [1.54, 1.807) is 52.3 Å². The zero-order chi connectivity index (χ0) is 49.6. The maximum absolute atomic E-state index is 13.6. The van der Waals surface area contributed by atoms with Crippen LogP contribution in [0.3, 0.4) is 0 Å². The number of methoxy groups -OCH3 is 1. The van der Waals surface area contributed by atoms with Crippen molar-refractivity contribution in [1.29, 1.82) is 0 Å². The second-order valence-electron chi connectivity index (χ2n) is 19.5. The quantitative estimate of drug-likeness (QED) is 0.0880. The normalized spacial score (nSPS) is 20.8. The van der Waals surface area contributed by atoms with Crippen LogP contribution in [0.1, 0.15) is 95.6 Å². The maximum atomic E-state index is 13.6. The van der Waals surface area contributed by atoms with Crippen LogP contribution in [-0.2, 0) is 20.6 Å². The maximum Gasteiger partial charge on any atom is 0.416 e. The second kappa shape index (κ2) is 19.3. The topological polar surface area (TPSA) is 205 Å². The van der Waals surface area contributed by atoms with Gasteiger partial charge in [0.2, 0.25) is 17.7 Å². The van der Waals surface area contributed by atoms with Crippen molar-refractivity contribution in [2.24, 2.45) is 11.3 Å². The van der Waals surface area contributed by atoms with E-state index in [0.29, 0.717) is 58.6 Å². The lowest BCUT2D eigenvalue weighted by atomic mass is 9.91. The Labute approximate surface area is 403 Å². The van der Waals surface area contributed by atoms with Crippen LogP contribution in [-0.4, -0.2) is 133 Å². The number of alkyl halides is 3. The molecule has 3 aromatic carbocycles. The number of nitrogens with two attached hydrogens (primary N) is 1. The number of likely N-dealkylation sites (tertiary alicyclic amines) is 1. The number of ether oxygens (including phenoxy) is 2. The highest BCUT2D eigenvalue weighted by atomic mass is 19.4. The summed E-state index contributed by atoms with van der Waals surface area (Å²) in [5.74, 6) is 0.170. The Hall–Kier alpha value is -6.54. The monoisotopic (exact) mass is 968 g/mol. The van der Waals surface area contributed by atoms with Gasteiger partial charge < -0.3 is 30.7 Å². The molecule has 4 aliphatic heterocycles. The number of piperazine rings is 1. The number of fused-ring (bicyclic) bond motifs is 2. The molecule has 5 amide bonds. The van der Waals surface area contributed by atoms with Crippen molar-refractivity contribution in [3.63, 3.8) is 0 Å². The minimum absolute atomic E-state index is 0.00358. The molecule has 9 rings (SSSR count). The highest BCUT2D eigenvalue weighted by Gasteiger charge is 2.48. The van der Waals surface area contributed by atoms with Crippen molar-refractivity contribution in [1.82, 2.24) is 35.3 Å². The molecule has 2 unspecified atom stereocenters. The first-order valence-corrected chi connectivity index (χ1v) is 23.9. The summed E-state index contributed by atoms with van der Waals surface area (Å²) in [6.07, 6.45) is -0.0597. The molecule has 0 spiro atoms. The van der Waals surface area contributed by atoms with E-state index in [9.17, 15) is 37.1 Å². The molecule has 5 N–H and O–H groups in total. The third kappa shape index (κ3) is 10.1. The van der Waals surface area contributed by atoms with Gasteiger partial charge in [0, 0.05) is 74.4 Å². The number of anilines is 3. The second-order valence-corrected chi connectivity index (χ2v) is 19.5. The summed E-state index contributed by atoms with van der Waals surface area (Å²) < 4.78 is 53.2. The molecule has 1 aliphatic carbocycles. The number of aryl methyl sites for hydroxylation is 1. The van der Waals surface area contributed by atoms with Crippen molar-refractivity contribution < 1.29 is 46.6 Å². The number of imide groups is 2. The number of hydrogen-bond donors (Lipinski definition) is 4. The number of nitrogens with one attached hydrogen (secondary N) is 3. The number of hydrogen-bond acceptors (Lipinski definition) is 14. The molecule has 5 heterocycles. The summed E-state index contributed by atoms with van der Waals surface area (Å²) in [7, 11) is 3.22. The summed E-state index contributed by atoms with van der Waals surface area (Å²) in [4.78, 5) is 81.6. The number of carbonyl (C=O) groups is 5. The van der Waals surface area contributed by atoms with E-state index in [2.05, 4.69) is 40.6 Å². The minimum Gasteiger partial charge on any atom is -0.493 e. The molecule has 1 saturated carbocycles. The third-order valence-corrected chi connectivity index (χ3v) is 14.7. The first kappa shape index (κ1) is 48.5. The Balaban J connectivity index is 0.791. The van der Waals surface area contributed by atoms with Gasteiger partial charge in [-0.2, -0.15) is 13.2 Å². The molecule has 3 saturated heterocycles. The van der Waals surface area contributed by atoms with Gasteiger partial charge in [-0.05, 0) is 119 Å². The van der Waals surface area contributed by atoms with Crippen LogP contribution in [0.25, 0.3) is 10.9 Å². The first-order valence-electron chi connectivity index (χ1n) is 23.9. The summed E-state index contributed by atoms with van der Waals surface area (Å²) in [5.41, 5.74) is 7.12. The van der Waals surface area contributed by atoms with Crippen LogP contribution >= 0.6 is 0 Å². The fraction of sp³-hybridized carbons (Fsp3) is 0.500. The number of nitrogens with zero attached hydrogens (tertiary/aromatic N) is 6. The predicted molar refractivity (Wildman–Crippen MR) is 254 cm³/mol. The van der Waals surface area contributed by atoms with Crippen molar-refractivity contribution in [2.75, 3.05) is 82.5 Å². The average Bonchev–Trinajstić information content (AvgIpc) is 4.06. The number of amides is 5. The lowest BCUT2D eigenvalue weighted by Gasteiger charge is -2.41. The standard InChI is InChI=1S/C50H59F3N10O7/c1-28(31-19-32(50(51,52)53)21-33(54)20-31)56-44-37-23-42(41(69-4)24-38(37)57-29(2)58-44)70-27-49(11-12-49)25-40(45(65)55-3)62-13-9-30(10-14-62)26-60-15-17-61(18-16-60)34-5-6-35-36(22-34)48(68)63(47(35)67)39-7-8-43(64)59-46(39)66/h5-6,19-24,28,30,39-40H,7-18,25-27,54H2,1-4H3,(H,55,65)(H,56,57,58)(H,59,64,66)/t28-,39?,40?/m1/s1. The molecule has 372 valence electrons. The molecule has 17 nitrogen and oxygen atoms in total. The molecule has 3 atom stereocenters. The molecule has 4 aromatic rings. The summed E-state index contributed by atoms with van der Waals surface area (Å²) in [6.45, 7) is 9.49. The molecular formula is C50H59F3N10O7. The molecule has 0 radical (unpaired) electrons. The molecular weight excluding hydrogens is 910 g/mol. The average molecular weight is 969 g/mol. The van der Waals surface area contributed by atoms with Gasteiger partial charge in [0.25, 0.3) is 11.8 Å². The van der Waals surface area contributed by atoms with Gasteiger partial charge >= 0.3 is 6.18 Å². The smallest absolute Gasteiger partial charge is 0.416 e. The van der Waals surface area contributed by atoms with E-state index >= 15 is 0 Å². The van der Waals surface area contributed by atoms with Gasteiger partial charge in [-0.3, -0.25) is 44.0 Å². The van der Waals surface area contributed by atoms with E-state index in [1.165, 1.54) is 6.07 Å². The van der Waals surface area contributed by atoms with Crippen LogP contribution in [0.4, 0.5) is 30.4 Å². The molecule has 1 aromatic heterocycles. The van der Waals surface area contributed by atoms with Crippen LogP contribution in [0.2, 0.25) is 0 Å². The van der Waals surface area contributed by atoms with Crippen LogP contribution in [0.15, 0.2) is 48.5 Å². The highest BCUT2D eigenvalue weighted by Crippen LogP contribution is 2.51. The van der Waals surface area contributed by atoms with Crippen LogP contribution in [0.5, 0.6) is 11.5 Å². The SMILES string of the molecule is CNC(=O)C(CC1(COc2cc3c(N[C@H](C)c4cc(N)cc(C(F)(F)F)c4)nc(C)nc3cc2OC)CC1)N1CCC(CN2CCN(c3ccc4c(c3)C(=O)N(C3CCC(=O)NC3=O)C4=O)CC2)CC1. The van der Waals surface area contributed by atoms with Gasteiger partial charge in [0.1, 0.15) is 17.7 Å². The van der Waals surface area contributed by atoms with E-state index in [0.717, 1.165) is 94.2 Å². The number of benzene rings is 3. The number of carbonyl (C=O) groups excluding carboxylic acids is 5. The molecule has 0 bridgehead atoms. The van der Waals surface area contributed by atoms with Gasteiger partial charge in [-0.25, -0.2) is 9.97 Å². The van der Waals surface area contributed by atoms with Gasteiger partial charge in [-0.1, -0.05) is 0 Å². The Morgan fingerprint density at radius 2 is 1.66 bits per heavy atom. The number of aromatic nitrogens is 2. The Morgan fingerprint density at radius 3 is 2.33 bits per heavy atom.